The zero-order valence-corrected chi connectivity index (χ0v) is 21.9. The normalized spacial score (nSPS) is 11.1. The van der Waals surface area contributed by atoms with Gasteiger partial charge in [-0.3, -0.25) is 9.59 Å². The van der Waals surface area contributed by atoms with Gasteiger partial charge in [0.15, 0.2) is 5.78 Å². The Balaban J connectivity index is 1.23. The maximum atomic E-state index is 12.9. The Kier molecular flexibility index (Phi) is 8.33. The van der Waals surface area contributed by atoms with Gasteiger partial charge in [-0.25, -0.2) is 0 Å². The monoisotopic (exact) mass is 516 g/mol. The Morgan fingerprint density at radius 3 is 1.85 bits per heavy atom. The van der Waals surface area contributed by atoms with Gasteiger partial charge < -0.3 is 9.84 Å². The second-order valence-electron chi connectivity index (χ2n) is 9.87. The molecule has 39 heavy (non-hydrogen) atoms. The highest BCUT2D eigenvalue weighted by Gasteiger charge is 2.19. The number of phenols is 1. The Hall–Kier alpha value is -4.44. The molecule has 0 fully saturated rings. The minimum Gasteiger partial charge on any atom is -0.507 e. The maximum absolute atomic E-state index is 12.9. The number of carbonyl (C=O) groups is 2. The lowest BCUT2D eigenvalue weighted by Crippen LogP contribution is -2.08. The van der Waals surface area contributed by atoms with E-state index in [1.165, 1.54) is 0 Å². The van der Waals surface area contributed by atoms with Crippen molar-refractivity contribution in [1.29, 1.82) is 0 Å². The minimum absolute atomic E-state index is 0.146. The molecule has 0 spiro atoms. The first-order valence-electron chi connectivity index (χ1n) is 13.6. The second-order valence-corrected chi connectivity index (χ2v) is 9.87. The van der Waals surface area contributed by atoms with Crippen LogP contribution in [0.4, 0.5) is 0 Å². The lowest BCUT2D eigenvalue weighted by atomic mass is 9.92. The van der Waals surface area contributed by atoms with Crippen LogP contribution in [0.3, 0.4) is 0 Å². The molecule has 0 aliphatic heterocycles. The number of benzene rings is 5. The summed E-state index contributed by atoms with van der Waals surface area (Å²) >= 11 is 0. The number of ketones is 1. The molecule has 1 N–H and O–H groups in total. The number of aromatic hydroxyl groups is 1. The van der Waals surface area contributed by atoms with E-state index in [4.69, 9.17) is 4.74 Å². The van der Waals surface area contributed by atoms with Crippen LogP contribution in [-0.2, 0) is 4.79 Å². The van der Waals surface area contributed by atoms with Crippen molar-refractivity contribution >= 4 is 33.3 Å². The maximum Gasteiger partial charge on any atom is 0.311 e. The zero-order valence-electron chi connectivity index (χ0n) is 21.9. The van der Waals surface area contributed by atoms with Gasteiger partial charge in [0.25, 0.3) is 0 Å². The molecule has 0 unspecified atom stereocenters. The van der Waals surface area contributed by atoms with Gasteiger partial charge in [0.05, 0.1) is 0 Å². The lowest BCUT2D eigenvalue weighted by Gasteiger charge is -2.16. The standard InChI is InChI=1S/C35H32O4/c36-30(27-15-5-4-6-16-27)19-7-2-1-3-8-20-33(38)39-32-24-22-26-14-10-12-18-29(26)35(32)34-28-17-11-9-13-25(28)21-23-31(34)37/h4-6,9-18,21-24,37H,1-3,7-8,19-20H2. The number of rotatable bonds is 11. The average molecular weight is 517 g/mol. The minimum atomic E-state index is -0.287. The van der Waals surface area contributed by atoms with Crippen LogP contribution < -0.4 is 4.74 Å². The molecule has 0 atom stereocenters. The van der Waals surface area contributed by atoms with E-state index in [0.29, 0.717) is 24.2 Å². The van der Waals surface area contributed by atoms with Gasteiger partial charge >= 0.3 is 5.97 Å². The summed E-state index contributed by atoms with van der Waals surface area (Å²) in [4.78, 5) is 25.1. The van der Waals surface area contributed by atoms with Gasteiger partial charge in [-0.15, -0.1) is 0 Å². The summed E-state index contributed by atoms with van der Waals surface area (Å²) in [7, 11) is 0. The van der Waals surface area contributed by atoms with Crippen LogP contribution in [0.25, 0.3) is 32.7 Å². The van der Waals surface area contributed by atoms with E-state index in [0.717, 1.165) is 64.8 Å². The van der Waals surface area contributed by atoms with Crippen LogP contribution in [0.1, 0.15) is 55.3 Å². The molecule has 0 heterocycles. The van der Waals surface area contributed by atoms with Crippen molar-refractivity contribution in [1.82, 2.24) is 0 Å². The molecule has 5 aromatic rings. The number of phenolic OH excluding ortho intramolecular Hbond substituents is 1. The summed E-state index contributed by atoms with van der Waals surface area (Å²) in [6, 6.07) is 32.6. The highest BCUT2D eigenvalue weighted by Crippen LogP contribution is 2.45. The molecule has 0 aliphatic rings. The smallest absolute Gasteiger partial charge is 0.311 e. The molecule has 0 aromatic heterocycles. The molecule has 4 heteroatoms. The van der Waals surface area contributed by atoms with Crippen molar-refractivity contribution in [3.8, 4) is 22.6 Å². The first-order valence-corrected chi connectivity index (χ1v) is 13.6. The number of unbranched alkanes of at least 4 members (excludes halogenated alkanes) is 4. The van der Waals surface area contributed by atoms with E-state index in [2.05, 4.69) is 0 Å². The van der Waals surface area contributed by atoms with Crippen molar-refractivity contribution in [2.45, 2.75) is 44.9 Å². The summed E-state index contributed by atoms with van der Waals surface area (Å²) in [5, 5.41) is 14.8. The van der Waals surface area contributed by atoms with Crippen LogP contribution in [0.5, 0.6) is 11.5 Å². The fourth-order valence-electron chi connectivity index (χ4n) is 5.14. The molecule has 0 saturated carbocycles. The fourth-order valence-corrected chi connectivity index (χ4v) is 5.14. The topological polar surface area (TPSA) is 63.6 Å². The molecule has 0 aliphatic carbocycles. The summed E-state index contributed by atoms with van der Waals surface area (Å²) in [6.45, 7) is 0. The number of esters is 1. The predicted molar refractivity (Wildman–Crippen MR) is 157 cm³/mol. The lowest BCUT2D eigenvalue weighted by molar-refractivity contribution is -0.134. The molecular formula is C35H32O4. The molecular weight excluding hydrogens is 484 g/mol. The summed E-state index contributed by atoms with van der Waals surface area (Å²) in [6.07, 6.45) is 5.29. The predicted octanol–water partition coefficient (Wildman–Crippen LogP) is 8.88. The van der Waals surface area contributed by atoms with Gasteiger partial charge in [-0.2, -0.15) is 0 Å². The Bertz CT molecular complexity index is 1600. The molecule has 0 amide bonds. The average Bonchev–Trinajstić information content (AvgIpc) is 2.97. The summed E-state index contributed by atoms with van der Waals surface area (Å²) < 4.78 is 5.93. The van der Waals surface area contributed by atoms with Crippen LogP contribution >= 0.6 is 0 Å². The van der Waals surface area contributed by atoms with Gasteiger partial charge in [-0.05, 0) is 46.5 Å². The van der Waals surface area contributed by atoms with E-state index in [1.807, 2.05) is 97.1 Å². The SMILES string of the molecule is O=C(CCCCCCCC(=O)c1ccccc1)Oc1ccc2ccccc2c1-c1c(O)ccc2ccccc12. The molecule has 0 bridgehead atoms. The van der Waals surface area contributed by atoms with Crippen LogP contribution in [0, 0.1) is 0 Å². The van der Waals surface area contributed by atoms with Crippen LogP contribution in [0.15, 0.2) is 103 Å². The van der Waals surface area contributed by atoms with Crippen molar-refractivity contribution < 1.29 is 19.4 Å². The number of ether oxygens (including phenoxy) is 1. The number of carbonyl (C=O) groups excluding carboxylic acids is 2. The third kappa shape index (κ3) is 6.18. The first-order chi connectivity index (χ1) is 19.1. The first kappa shape index (κ1) is 26.2. The fraction of sp³-hybridized carbons (Fsp3) is 0.200. The van der Waals surface area contributed by atoms with Crippen molar-refractivity contribution in [3.05, 3.63) is 109 Å². The molecule has 5 rings (SSSR count). The Morgan fingerprint density at radius 2 is 1.13 bits per heavy atom. The quantitative estimate of drug-likeness (QED) is 0.0824. The van der Waals surface area contributed by atoms with E-state index in [9.17, 15) is 14.7 Å². The highest BCUT2D eigenvalue weighted by atomic mass is 16.5. The van der Waals surface area contributed by atoms with Crippen LogP contribution in [0.2, 0.25) is 0 Å². The molecule has 196 valence electrons. The number of hydrogen-bond acceptors (Lipinski definition) is 4. The molecule has 0 saturated heterocycles. The van der Waals surface area contributed by atoms with E-state index in [1.54, 1.807) is 6.07 Å². The van der Waals surface area contributed by atoms with E-state index in [-0.39, 0.29) is 17.5 Å². The third-order valence-electron chi connectivity index (χ3n) is 7.15. The van der Waals surface area contributed by atoms with Gasteiger partial charge in [0.2, 0.25) is 0 Å². The Labute approximate surface area is 228 Å². The van der Waals surface area contributed by atoms with Crippen molar-refractivity contribution in [2.24, 2.45) is 0 Å². The summed E-state index contributed by atoms with van der Waals surface area (Å²) in [5.74, 6) is 0.492. The number of Topliss-reactive ketones (excluding diaryl/α,β-unsaturated/α-hetero) is 1. The highest BCUT2D eigenvalue weighted by molar-refractivity contribution is 6.10. The number of hydrogen-bond donors (Lipinski definition) is 1. The Morgan fingerprint density at radius 1 is 0.564 bits per heavy atom. The zero-order chi connectivity index (χ0) is 27.0. The molecule has 4 nitrogen and oxygen atoms in total. The van der Waals surface area contributed by atoms with Gasteiger partial charge in [0.1, 0.15) is 11.5 Å². The molecule has 0 radical (unpaired) electrons. The van der Waals surface area contributed by atoms with Crippen molar-refractivity contribution in [3.63, 3.8) is 0 Å². The van der Waals surface area contributed by atoms with Gasteiger partial charge in [0, 0.05) is 29.5 Å². The largest absolute Gasteiger partial charge is 0.507 e. The number of fused-ring (bicyclic) bond motifs is 2. The van der Waals surface area contributed by atoms with Gasteiger partial charge in [-0.1, -0.05) is 110 Å². The van der Waals surface area contributed by atoms with E-state index < -0.39 is 0 Å². The van der Waals surface area contributed by atoms with Crippen molar-refractivity contribution in [2.75, 3.05) is 0 Å². The second kappa shape index (κ2) is 12.4. The molecule has 5 aromatic carbocycles. The summed E-state index contributed by atoms with van der Waals surface area (Å²) in [5.41, 5.74) is 2.15. The van der Waals surface area contributed by atoms with Crippen LogP contribution in [-0.4, -0.2) is 16.9 Å². The van der Waals surface area contributed by atoms with E-state index >= 15 is 0 Å². The third-order valence-corrected chi connectivity index (χ3v) is 7.15.